The van der Waals surface area contributed by atoms with Crippen molar-refractivity contribution < 1.29 is 27.4 Å². The molecule has 3 N–H and O–H groups in total. The zero-order valence-electron chi connectivity index (χ0n) is 20.1. The third kappa shape index (κ3) is 5.26. The number of hydrogen-bond acceptors (Lipinski definition) is 7. The maximum atomic E-state index is 14.5. The van der Waals surface area contributed by atoms with Gasteiger partial charge in [-0.15, -0.1) is 0 Å². The number of rotatable bonds is 7. The number of aryl methyl sites for hydroxylation is 1. The molecule has 3 aromatic rings. The summed E-state index contributed by atoms with van der Waals surface area (Å²) >= 11 is 0. The summed E-state index contributed by atoms with van der Waals surface area (Å²) in [6.07, 6.45) is 4.04. The highest BCUT2D eigenvalue weighted by molar-refractivity contribution is 7.90. The van der Waals surface area contributed by atoms with Crippen LogP contribution in [0.2, 0.25) is 0 Å². The van der Waals surface area contributed by atoms with E-state index in [9.17, 15) is 22.7 Å². The maximum Gasteiger partial charge on any atom is 0.333 e. The first-order valence-electron chi connectivity index (χ1n) is 11.2. The van der Waals surface area contributed by atoms with E-state index in [1.54, 1.807) is 37.3 Å². The molecule has 0 atom stereocenters. The van der Waals surface area contributed by atoms with Gasteiger partial charge in [0, 0.05) is 36.0 Å². The Labute approximate surface area is 209 Å². The van der Waals surface area contributed by atoms with Crippen molar-refractivity contribution in [3.05, 3.63) is 65.1 Å². The van der Waals surface area contributed by atoms with Gasteiger partial charge in [-0.25, -0.2) is 27.3 Å². The van der Waals surface area contributed by atoms with E-state index in [0.717, 1.165) is 41.7 Å². The van der Waals surface area contributed by atoms with Crippen LogP contribution in [0.4, 0.5) is 14.9 Å². The Bertz CT molecular complexity index is 1430. The van der Waals surface area contributed by atoms with Gasteiger partial charge in [-0.05, 0) is 62.2 Å². The number of phenolic OH excluding ortho intramolecular Hbond substituents is 1. The molecular weight excluding hydrogens is 487 g/mol. The third-order valence-electron chi connectivity index (χ3n) is 5.91. The van der Waals surface area contributed by atoms with E-state index < -0.39 is 26.8 Å². The average Bonchev–Trinajstić information content (AvgIpc) is 3.29. The van der Waals surface area contributed by atoms with Crippen LogP contribution in [0.3, 0.4) is 0 Å². The molecule has 0 radical (unpaired) electrons. The number of fused-ring (bicyclic) bond motifs is 1. The van der Waals surface area contributed by atoms with Gasteiger partial charge in [-0.1, -0.05) is 12.1 Å². The molecule has 0 aliphatic heterocycles. The quantitative estimate of drug-likeness (QED) is 0.440. The zero-order chi connectivity index (χ0) is 26.0. The Balaban J connectivity index is 1.66. The van der Waals surface area contributed by atoms with Crippen LogP contribution in [-0.4, -0.2) is 50.6 Å². The second kappa shape index (κ2) is 10.1. The summed E-state index contributed by atoms with van der Waals surface area (Å²) in [6, 6.07) is 8.04. The van der Waals surface area contributed by atoms with Gasteiger partial charge in [0.15, 0.2) is 0 Å². The van der Waals surface area contributed by atoms with Gasteiger partial charge in [0.1, 0.15) is 16.5 Å². The fourth-order valence-electron chi connectivity index (χ4n) is 4.31. The molecule has 0 unspecified atom stereocenters. The van der Waals surface area contributed by atoms with Crippen molar-refractivity contribution in [3.63, 3.8) is 0 Å². The fourth-order valence-corrected chi connectivity index (χ4v) is 5.33. The molecule has 36 heavy (non-hydrogen) atoms. The van der Waals surface area contributed by atoms with Crippen molar-refractivity contribution in [2.24, 2.45) is 0 Å². The molecule has 2 amide bonds. The molecule has 1 heterocycles. The van der Waals surface area contributed by atoms with Crippen LogP contribution in [0.25, 0.3) is 11.1 Å². The van der Waals surface area contributed by atoms with Crippen molar-refractivity contribution in [1.29, 1.82) is 0 Å². The van der Waals surface area contributed by atoms with Crippen LogP contribution in [-0.2, 0) is 29.4 Å². The first-order chi connectivity index (χ1) is 17.1. The van der Waals surface area contributed by atoms with E-state index in [1.165, 1.54) is 7.11 Å². The Kier molecular flexibility index (Phi) is 7.14. The third-order valence-corrected chi connectivity index (χ3v) is 7.26. The number of nitrogens with zero attached hydrogens (tertiary/aromatic N) is 2. The minimum absolute atomic E-state index is 0.176. The largest absolute Gasteiger partial charge is 0.508 e. The highest BCUT2D eigenvalue weighted by Gasteiger charge is 2.26. The number of hydrogen-bond donors (Lipinski definition) is 3. The molecule has 0 saturated heterocycles. The number of carbonyl (C=O) groups excluding carboxylic acids is 1. The van der Waals surface area contributed by atoms with Crippen LogP contribution in [0.1, 0.15) is 23.1 Å². The SMILES string of the molecule is COc1cc(-c2ccc3c(c2NC(=O)NS(=O)(=O)c2cc(CN(C)C)c(O)cc2F)CCC3)ccn1. The standard InChI is InChI=1S/C25H27FN4O5S/c1-30(2)14-17-11-22(20(26)13-21(17)31)36(33,34)29-25(32)28-24-18-6-4-5-15(18)7-8-19(24)16-9-10-27-23(12-16)35-3/h7-13,31H,4-6,14H2,1-3H3,(H2,28,29,32). The topological polar surface area (TPSA) is 121 Å². The Hall–Kier alpha value is -3.70. The molecule has 11 heteroatoms. The zero-order valence-corrected chi connectivity index (χ0v) is 20.9. The summed E-state index contributed by atoms with van der Waals surface area (Å²) in [4.78, 5) is 18.0. The number of benzene rings is 2. The summed E-state index contributed by atoms with van der Waals surface area (Å²) in [5.74, 6) is -1.15. The number of aromatic nitrogens is 1. The number of methoxy groups -OCH3 is 1. The van der Waals surface area contributed by atoms with Crippen LogP contribution in [0.5, 0.6) is 11.6 Å². The van der Waals surface area contributed by atoms with Crippen LogP contribution in [0, 0.1) is 5.82 Å². The number of pyridine rings is 1. The molecule has 2 aromatic carbocycles. The van der Waals surface area contributed by atoms with Crippen LogP contribution in [0.15, 0.2) is 47.5 Å². The summed E-state index contributed by atoms with van der Waals surface area (Å²) in [5.41, 5.74) is 4.07. The molecular formula is C25H27FN4O5S. The van der Waals surface area contributed by atoms with Gasteiger partial charge in [-0.3, -0.25) is 0 Å². The Morgan fingerprint density at radius 1 is 1.19 bits per heavy atom. The van der Waals surface area contributed by atoms with E-state index >= 15 is 0 Å². The lowest BCUT2D eigenvalue weighted by Crippen LogP contribution is -2.35. The number of halogens is 1. The number of anilines is 1. The number of phenols is 1. The molecule has 0 bridgehead atoms. The number of sulfonamides is 1. The second-order valence-electron chi connectivity index (χ2n) is 8.77. The van der Waals surface area contributed by atoms with Gasteiger partial charge in [-0.2, -0.15) is 0 Å². The summed E-state index contributed by atoms with van der Waals surface area (Å²) in [6.45, 7) is 0.176. The lowest BCUT2D eigenvalue weighted by Gasteiger charge is -2.18. The predicted octanol–water partition coefficient (Wildman–Crippen LogP) is 3.66. The second-order valence-corrected chi connectivity index (χ2v) is 10.4. The van der Waals surface area contributed by atoms with E-state index in [1.807, 2.05) is 16.9 Å². The summed E-state index contributed by atoms with van der Waals surface area (Å²) in [5, 5.41) is 12.7. The van der Waals surface area contributed by atoms with E-state index in [2.05, 4.69) is 10.3 Å². The van der Waals surface area contributed by atoms with Crippen molar-refractivity contribution in [2.75, 3.05) is 26.5 Å². The van der Waals surface area contributed by atoms with Gasteiger partial charge in [0.05, 0.1) is 12.8 Å². The molecule has 0 saturated carbocycles. The number of nitrogens with one attached hydrogen (secondary N) is 2. The van der Waals surface area contributed by atoms with E-state index in [-0.39, 0.29) is 17.9 Å². The van der Waals surface area contributed by atoms with Crippen molar-refractivity contribution in [2.45, 2.75) is 30.7 Å². The monoisotopic (exact) mass is 514 g/mol. The first kappa shape index (κ1) is 25.4. The minimum atomic E-state index is -4.58. The Morgan fingerprint density at radius 3 is 2.69 bits per heavy atom. The van der Waals surface area contributed by atoms with Crippen LogP contribution < -0.4 is 14.8 Å². The first-order valence-corrected chi connectivity index (χ1v) is 12.7. The van der Waals surface area contributed by atoms with Crippen molar-refractivity contribution in [3.8, 4) is 22.8 Å². The lowest BCUT2D eigenvalue weighted by atomic mass is 9.98. The number of amides is 2. The highest BCUT2D eigenvalue weighted by Crippen LogP contribution is 2.38. The van der Waals surface area contributed by atoms with E-state index in [0.29, 0.717) is 23.6 Å². The number of urea groups is 1. The van der Waals surface area contributed by atoms with Gasteiger partial charge in [0.2, 0.25) is 5.88 Å². The lowest BCUT2D eigenvalue weighted by molar-refractivity contribution is 0.256. The fraction of sp³-hybridized carbons (Fsp3) is 0.280. The molecule has 1 aromatic heterocycles. The summed E-state index contributed by atoms with van der Waals surface area (Å²) < 4.78 is 47.5. The van der Waals surface area contributed by atoms with Crippen molar-refractivity contribution >= 4 is 21.7 Å². The number of ether oxygens (including phenoxy) is 1. The van der Waals surface area contributed by atoms with Crippen LogP contribution >= 0.6 is 0 Å². The summed E-state index contributed by atoms with van der Waals surface area (Å²) in [7, 11) is 0.353. The maximum absolute atomic E-state index is 14.5. The molecule has 9 nitrogen and oxygen atoms in total. The molecule has 1 aliphatic rings. The van der Waals surface area contributed by atoms with E-state index in [4.69, 9.17) is 4.74 Å². The van der Waals surface area contributed by atoms with Gasteiger partial charge in [0.25, 0.3) is 10.0 Å². The van der Waals surface area contributed by atoms with Gasteiger partial charge < -0.3 is 20.1 Å². The Morgan fingerprint density at radius 2 is 1.97 bits per heavy atom. The molecule has 1 aliphatic carbocycles. The molecule has 0 fully saturated rings. The predicted molar refractivity (Wildman–Crippen MR) is 133 cm³/mol. The molecule has 190 valence electrons. The number of carbonyl (C=O) groups is 1. The smallest absolute Gasteiger partial charge is 0.333 e. The highest BCUT2D eigenvalue weighted by atomic mass is 32.2. The minimum Gasteiger partial charge on any atom is -0.508 e. The average molecular weight is 515 g/mol. The van der Waals surface area contributed by atoms with Gasteiger partial charge >= 0.3 is 6.03 Å². The van der Waals surface area contributed by atoms with Crippen molar-refractivity contribution in [1.82, 2.24) is 14.6 Å². The molecule has 4 rings (SSSR count). The molecule has 0 spiro atoms. The number of aromatic hydroxyl groups is 1. The normalized spacial score (nSPS) is 12.9.